The van der Waals surface area contributed by atoms with Gasteiger partial charge in [0.25, 0.3) is 12.0 Å². The molecular formula is C24H25F2N5O6S. The Labute approximate surface area is 219 Å². The highest BCUT2D eigenvalue weighted by Crippen LogP contribution is 2.31. The molecule has 0 spiro atoms. The summed E-state index contributed by atoms with van der Waals surface area (Å²) in [4.78, 5) is 52.9. The number of halogens is 2. The molecule has 3 aromatic rings. The van der Waals surface area contributed by atoms with E-state index in [0.29, 0.717) is 15.2 Å². The van der Waals surface area contributed by atoms with Crippen LogP contribution in [0.1, 0.15) is 17.8 Å². The summed E-state index contributed by atoms with van der Waals surface area (Å²) in [5, 5.41) is 5.42. The summed E-state index contributed by atoms with van der Waals surface area (Å²) in [6, 6.07) is 6.81. The van der Waals surface area contributed by atoms with Crippen molar-refractivity contribution in [2.75, 3.05) is 19.0 Å². The van der Waals surface area contributed by atoms with E-state index in [4.69, 9.17) is 10.5 Å². The van der Waals surface area contributed by atoms with Crippen molar-refractivity contribution in [3.63, 3.8) is 0 Å². The Balaban J connectivity index is 1.76. The Morgan fingerprint density at radius 1 is 1.24 bits per heavy atom. The number of pyridine rings is 1. The number of alkyl halides is 2. The number of carbonyl (C=O) groups is 3. The Bertz CT molecular complexity index is 1390. The van der Waals surface area contributed by atoms with Crippen molar-refractivity contribution in [3.8, 4) is 5.75 Å². The minimum absolute atomic E-state index is 0.0380. The Kier molecular flexibility index (Phi) is 9.87. The zero-order valence-electron chi connectivity index (χ0n) is 20.2. The van der Waals surface area contributed by atoms with Gasteiger partial charge < -0.3 is 30.4 Å². The standard InChI is InChI=1S/C24H25F2N5O6S/c1-36-24(35)30-15(6-2-3-10-19(27)32)22(33)29-16-8-5-11-31(23(16)34)12-20-28-14-7-4-9-17(21(14)38-20)37-13-18(25)26/h3-5,7-11,15,18H,2,6,12-13H2,1H3,(H2,27,32)(H,29,33)(H,30,35)/b10-3+. The molecule has 0 aliphatic carbocycles. The molecule has 0 aliphatic rings. The minimum atomic E-state index is -2.62. The molecule has 0 aliphatic heterocycles. The van der Waals surface area contributed by atoms with Gasteiger partial charge in [0.2, 0.25) is 11.8 Å². The van der Waals surface area contributed by atoms with E-state index in [2.05, 4.69) is 20.4 Å². The number of methoxy groups -OCH3 is 1. The third kappa shape index (κ3) is 7.83. The van der Waals surface area contributed by atoms with Crippen LogP contribution >= 0.6 is 11.3 Å². The molecule has 2 aromatic heterocycles. The number of ether oxygens (including phenoxy) is 2. The molecule has 0 saturated heterocycles. The van der Waals surface area contributed by atoms with E-state index >= 15 is 0 Å². The number of benzene rings is 1. The van der Waals surface area contributed by atoms with Crippen LogP contribution in [0.15, 0.2) is 53.5 Å². The first-order valence-electron chi connectivity index (χ1n) is 11.3. The number of nitrogens with one attached hydrogen (secondary N) is 2. The zero-order chi connectivity index (χ0) is 27.7. The first-order chi connectivity index (χ1) is 18.2. The average molecular weight is 550 g/mol. The van der Waals surface area contributed by atoms with Crippen molar-refractivity contribution < 1.29 is 32.6 Å². The summed E-state index contributed by atoms with van der Waals surface area (Å²) in [5.41, 5.74) is 5.02. The summed E-state index contributed by atoms with van der Waals surface area (Å²) >= 11 is 1.20. The van der Waals surface area contributed by atoms with E-state index in [-0.39, 0.29) is 30.8 Å². The van der Waals surface area contributed by atoms with Crippen LogP contribution in [0.3, 0.4) is 0 Å². The van der Waals surface area contributed by atoms with Crippen LogP contribution in [0.5, 0.6) is 5.75 Å². The molecule has 14 heteroatoms. The minimum Gasteiger partial charge on any atom is -0.486 e. The number of anilines is 1. The van der Waals surface area contributed by atoms with Gasteiger partial charge in [-0.2, -0.15) is 0 Å². The van der Waals surface area contributed by atoms with Crippen LogP contribution in [0.4, 0.5) is 19.3 Å². The molecule has 1 unspecified atom stereocenters. The largest absolute Gasteiger partial charge is 0.486 e. The van der Waals surface area contributed by atoms with Gasteiger partial charge in [0.1, 0.15) is 29.1 Å². The maximum absolute atomic E-state index is 13.0. The van der Waals surface area contributed by atoms with Gasteiger partial charge in [0, 0.05) is 6.20 Å². The number of allylic oxidation sites excluding steroid dienone is 1. The number of aromatic nitrogens is 2. The molecule has 0 saturated carbocycles. The number of nitrogens with two attached hydrogens (primary N) is 1. The van der Waals surface area contributed by atoms with Crippen LogP contribution in [0, 0.1) is 0 Å². The normalized spacial score (nSPS) is 12.0. The van der Waals surface area contributed by atoms with E-state index in [1.807, 2.05) is 0 Å². The van der Waals surface area contributed by atoms with Crippen LogP contribution in [0.2, 0.25) is 0 Å². The van der Waals surface area contributed by atoms with E-state index in [1.54, 1.807) is 24.3 Å². The molecule has 202 valence electrons. The molecule has 1 atom stereocenters. The predicted molar refractivity (Wildman–Crippen MR) is 136 cm³/mol. The van der Waals surface area contributed by atoms with E-state index < -0.39 is 42.5 Å². The van der Waals surface area contributed by atoms with E-state index in [0.717, 1.165) is 13.2 Å². The second-order valence-electron chi connectivity index (χ2n) is 7.83. The molecular weight excluding hydrogens is 524 g/mol. The van der Waals surface area contributed by atoms with Crippen molar-refractivity contribution in [1.82, 2.24) is 14.9 Å². The Hall–Kier alpha value is -4.33. The van der Waals surface area contributed by atoms with Gasteiger partial charge in [-0.15, -0.1) is 11.3 Å². The smallest absolute Gasteiger partial charge is 0.407 e. The van der Waals surface area contributed by atoms with Crippen LogP contribution < -0.4 is 26.7 Å². The van der Waals surface area contributed by atoms with E-state index in [9.17, 15) is 28.0 Å². The predicted octanol–water partition coefficient (Wildman–Crippen LogP) is 2.64. The molecule has 3 amide bonds. The van der Waals surface area contributed by atoms with Crippen molar-refractivity contribution >= 4 is 45.1 Å². The summed E-state index contributed by atoms with van der Waals surface area (Å²) in [6.07, 6.45) is 0.984. The molecule has 38 heavy (non-hydrogen) atoms. The fraction of sp³-hybridized carbons (Fsp3) is 0.292. The van der Waals surface area contributed by atoms with Gasteiger partial charge in [-0.05, 0) is 43.2 Å². The second kappa shape index (κ2) is 13.3. The van der Waals surface area contributed by atoms with E-state index in [1.165, 1.54) is 34.2 Å². The maximum Gasteiger partial charge on any atom is 0.407 e. The Morgan fingerprint density at radius 2 is 2.03 bits per heavy atom. The van der Waals surface area contributed by atoms with Crippen LogP contribution in [-0.2, 0) is 20.9 Å². The summed E-state index contributed by atoms with van der Waals surface area (Å²) < 4.78 is 36.8. The average Bonchev–Trinajstić information content (AvgIpc) is 3.29. The van der Waals surface area contributed by atoms with Gasteiger partial charge in [-0.3, -0.25) is 14.4 Å². The number of carbonyl (C=O) groups excluding carboxylic acids is 3. The van der Waals surface area contributed by atoms with Gasteiger partial charge in [-0.1, -0.05) is 12.1 Å². The van der Waals surface area contributed by atoms with Gasteiger partial charge in [0.15, 0.2) is 0 Å². The number of primary amides is 1. The fourth-order valence-electron chi connectivity index (χ4n) is 3.36. The Morgan fingerprint density at radius 3 is 2.74 bits per heavy atom. The number of hydrogen-bond acceptors (Lipinski definition) is 8. The number of fused-ring (bicyclic) bond motifs is 1. The number of hydrogen-bond donors (Lipinski definition) is 3. The number of alkyl carbamates (subject to hydrolysis) is 1. The third-order valence-corrected chi connectivity index (χ3v) is 6.14. The number of amides is 3. The lowest BCUT2D eigenvalue weighted by atomic mass is 10.1. The highest BCUT2D eigenvalue weighted by molar-refractivity contribution is 7.19. The number of rotatable bonds is 12. The number of thiazole rings is 1. The zero-order valence-corrected chi connectivity index (χ0v) is 21.0. The quantitative estimate of drug-likeness (QED) is 0.293. The summed E-state index contributed by atoms with van der Waals surface area (Å²) in [6.45, 7) is -0.696. The van der Waals surface area contributed by atoms with Crippen molar-refractivity contribution in [2.24, 2.45) is 5.73 Å². The van der Waals surface area contributed by atoms with Gasteiger partial charge in [-0.25, -0.2) is 18.6 Å². The topological polar surface area (TPSA) is 155 Å². The first-order valence-corrected chi connectivity index (χ1v) is 12.1. The van der Waals surface area contributed by atoms with Crippen LogP contribution in [0.25, 0.3) is 10.2 Å². The summed E-state index contributed by atoms with van der Waals surface area (Å²) in [7, 11) is 1.14. The first kappa shape index (κ1) is 28.2. The van der Waals surface area contributed by atoms with Crippen molar-refractivity contribution in [3.05, 3.63) is 64.0 Å². The highest BCUT2D eigenvalue weighted by Gasteiger charge is 2.22. The molecule has 0 bridgehead atoms. The molecule has 3 rings (SSSR count). The third-order valence-electron chi connectivity index (χ3n) is 5.07. The lowest BCUT2D eigenvalue weighted by Gasteiger charge is -2.17. The van der Waals surface area contributed by atoms with Crippen LogP contribution in [-0.4, -0.2) is 53.6 Å². The second-order valence-corrected chi connectivity index (χ2v) is 8.91. The SMILES string of the molecule is COC(=O)NC(CC/C=C/C(N)=O)C(=O)Nc1cccn(Cc2nc3cccc(OCC(F)F)c3s2)c1=O. The summed E-state index contributed by atoms with van der Waals surface area (Å²) in [5.74, 6) is -1.05. The van der Waals surface area contributed by atoms with Gasteiger partial charge >= 0.3 is 6.09 Å². The highest BCUT2D eigenvalue weighted by atomic mass is 32.1. The lowest BCUT2D eigenvalue weighted by molar-refractivity contribution is -0.118. The monoisotopic (exact) mass is 549 g/mol. The van der Waals surface area contributed by atoms with Crippen molar-refractivity contribution in [1.29, 1.82) is 0 Å². The lowest BCUT2D eigenvalue weighted by Crippen LogP contribution is -2.44. The number of nitrogens with zero attached hydrogens (tertiary/aromatic N) is 2. The van der Waals surface area contributed by atoms with Crippen molar-refractivity contribution in [2.45, 2.75) is 31.9 Å². The molecule has 1 aromatic carbocycles. The maximum atomic E-state index is 13.0. The van der Waals surface area contributed by atoms with Gasteiger partial charge in [0.05, 0.1) is 23.9 Å². The fourth-order valence-corrected chi connectivity index (χ4v) is 4.39. The molecule has 2 heterocycles. The molecule has 11 nitrogen and oxygen atoms in total. The molecule has 4 N–H and O–H groups in total. The molecule has 0 radical (unpaired) electrons. The molecule has 0 fully saturated rings.